The van der Waals surface area contributed by atoms with E-state index in [-0.39, 0.29) is 24.5 Å². The minimum absolute atomic E-state index is 0.193. The molecule has 0 N–H and O–H groups in total. The molecule has 0 aromatic rings. The van der Waals surface area contributed by atoms with Crippen molar-refractivity contribution in [3.05, 3.63) is 12.7 Å². The fourth-order valence-electron chi connectivity index (χ4n) is 1.23. The molecule has 116 valence electrons. The zero-order valence-corrected chi connectivity index (χ0v) is 13.1. The molecule has 0 aliphatic rings. The summed E-state index contributed by atoms with van der Waals surface area (Å²) in [7, 11) is 0. The van der Waals surface area contributed by atoms with Crippen LogP contribution in [0, 0.1) is 5.92 Å². The summed E-state index contributed by atoms with van der Waals surface area (Å²) in [5.74, 6) is 0.650. The molecule has 0 bridgehead atoms. The van der Waals surface area contributed by atoms with Crippen molar-refractivity contribution in [3.8, 4) is 0 Å². The first kappa shape index (κ1) is 19.0. The standard InChI is InChI=1S/C14H24O5S/c1-4-7-17-8-9-19-14(16)12(3)11-20-10-6-13(15)18-5-2/h4,12H,1,5-11H2,2-3H3. The molecule has 0 aliphatic heterocycles. The highest BCUT2D eigenvalue weighted by Crippen LogP contribution is 2.11. The van der Waals surface area contributed by atoms with E-state index in [0.29, 0.717) is 37.7 Å². The molecule has 20 heavy (non-hydrogen) atoms. The van der Waals surface area contributed by atoms with Gasteiger partial charge in [-0.1, -0.05) is 13.0 Å². The minimum Gasteiger partial charge on any atom is -0.466 e. The molecule has 0 aromatic heterocycles. The minimum atomic E-state index is -0.240. The smallest absolute Gasteiger partial charge is 0.309 e. The molecule has 0 rings (SSSR count). The Hall–Kier alpha value is -1.01. The number of hydrogen-bond donors (Lipinski definition) is 0. The SMILES string of the molecule is C=CCOCCOC(=O)C(C)CSCCC(=O)OCC. The van der Waals surface area contributed by atoms with Crippen LogP contribution in [0.4, 0.5) is 0 Å². The van der Waals surface area contributed by atoms with Crippen LogP contribution in [0.2, 0.25) is 0 Å². The maximum atomic E-state index is 11.6. The second-order valence-corrected chi connectivity index (χ2v) is 5.21. The van der Waals surface area contributed by atoms with Gasteiger partial charge in [0.25, 0.3) is 0 Å². The summed E-state index contributed by atoms with van der Waals surface area (Å²) in [6, 6.07) is 0. The summed E-state index contributed by atoms with van der Waals surface area (Å²) in [5, 5.41) is 0. The Labute approximate surface area is 125 Å². The largest absolute Gasteiger partial charge is 0.466 e. The van der Waals surface area contributed by atoms with Gasteiger partial charge in [-0.2, -0.15) is 11.8 Å². The second-order valence-electron chi connectivity index (χ2n) is 4.06. The van der Waals surface area contributed by atoms with Gasteiger partial charge in [0.05, 0.1) is 32.2 Å². The molecule has 5 nitrogen and oxygen atoms in total. The predicted molar refractivity (Wildman–Crippen MR) is 79.7 cm³/mol. The van der Waals surface area contributed by atoms with Crippen molar-refractivity contribution in [2.45, 2.75) is 20.3 Å². The lowest BCUT2D eigenvalue weighted by atomic mass is 10.2. The number of carbonyl (C=O) groups is 2. The van der Waals surface area contributed by atoms with E-state index in [2.05, 4.69) is 6.58 Å². The van der Waals surface area contributed by atoms with Crippen LogP contribution in [0.3, 0.4) is 0 Å². The van der Waals surface area contributed by atoms with Crippen LogP contribution in [0.1, 0.15) is 20.3 Å². The first-order chi connectivity index (χ1) is 9.61. The van der Waals surface area contributed by atoms with Crippen LogP contribution in [-0.2, 0) is 23.8 Å². The van der Waals surface area contributed by atoms with Crippen LogP contribution >= 0.6 is 11.8 Å². The van der Waals surface area contributed by atoms with Gasteiger partial charge in [0.1, 0.15) is 6.61 Å². The van der Waals surface area contributed by atoms with Crippen LogP contribution in [-0.4, -0.2) is 49.9 Å². The molecule has 1 unspecified atom stereocenters. The van der Waals surface area contributed by atoms with Gasteiger partial charge >= 0.3 is 11.9 Å². The number of thioether (sulfide) groups is 1. The first-order valence-electron chi connectivity index (χ1n) is 6.70. The van der Waals surface area contributed by atoms with Gasteiger partial charge in [0.2, 0.25) is 0 Å². The number of esters is 2. The fraction of sp³-hybridized carbons (Fsp3) is 0.714. The Balaban J connectivity index is 3.54. The van der Waals surface area contributed by atoms with E-state index in [1.807, 2.05) is 6.92 Å². The summed E-state index contributed by atoms with van der Waals surface area (Å²) in [6.45, 7) is 8.60. The van der Waals surface area contributed by atoms with Crippen molar-refractivity contribution in [3.63, 3.8) is 0 Å². The summed E-state index contributed by atoms with van der Waals surface area (Å²) < 4.78 is 15.0. The van der Waals surface area contributed by atoms with Gasteiger partial charge in [-0.3, -0.25) is 9.59 Å². The van der Waals surface area contributed by atoms with E-state index < -0.39 is 0 Å². The quantitative estimate of drug-likeness (QED) is 0.312. The molecule has 6 heteroatoms. The van der Waals surface area contributed by atoms with Crippen molar-refractivity contribution in [1.29, 1.82) is 0 Å². The molecule has 0 aliphatic carbocycles. The van der Waals surface area contributed by atoms with E-state index in [4.69, 9.17) is 14.2 Å². The third-order valence-corrected chi connectivity index (χ3v) is 3.46. The topological polar surface area (TPSA) is 61.8 Å². The van der Waals surface area contributed by atoms with Crippen LogP contribution in [0.15, 0.2) is 12.7 Å². The highest BCUT2D eigenvalue weighted by atomic mass is 32.2. The molecular weight excluding hydrogens is 280 g/mol. The van der Waals surface area contributed by atoms with Crippen molar-refractivity contribution in [2.24, 2.45) is 5.92 Å². The fourth-order valence-corrected chi connectivity index (χ4v) is 2.19. The van der Waals surface area contributed by atoms with Gasteiger partial charge in [-0.05, 0) is 6.92 Å². The van der Waals surface area contributed by atoms with Gasteiger partial charge < -0.3 is 14.2 Å². The normalized spacial score (nSPS) is 11.7. The maximum Gasteiger partial charge on any atom is 0.309 e. The molecule has 1 atom stereocenters. The average Bonchev–Trinajstić information content (AvgIpc) is 2.43. The summed E-state index contributed by atoms with van der Waals surface area (Å²) in [6.07, 6.45) is 2.01. The Bertz CT molecular complexity index is 293. The Morgan fingerprint density at radius 3 is 2.70 bits per heavy atom. The van der Waals surface area contributed by atoms with Crippen LogP contribution < -0.4 is 0 Å². The predicted octanol–water partition coefficient (Wildman–Crippen LogP) is 2.05. The number of hydrogen-bond acceptors (Lipinski definition) is 6. The lowest BCUT2D eigenvalue weighted by Crippen LogP contribution is -2.19. The molecule has 0 spiro atoms. The van der Waals surface area contributed by atoms with E-state index in [9.17, 15) is 9.59 Å². The molecule has 0 saturated carbocycles. The van der Waals surface area contributed by atoms with Crippen molar-refractivity contribution in [1.82, 2.24) is 0 Å². The molecule has 0 radical (unpaired) electrons. The Morgan fingerprint density at radius 1 is 1.30 bits per heavy atom. The van der Waals surface area contributed by atoms with Crippen LogP contribution in [0.5, 0.6) is 0 Å². The lowest BCUT2D eigenvalue weighted by molar-refractivity contribution is -0.148. The molecule has 0 amide bonds. The molecular formula is C14H24O5S. The lowest BCUT2D eigenvalue weighted by Gasteiger charge is -2.11. The van der Waals surface area contributed by atoms with E-state index in [1.165, 1.54) is 0 Å². The summed E-state index contributed by atoms with van der Waals surface area (Å²) in [5.41, 5.74) is 0. The van der Waals surface area contributed by atoms with Crippen molar-refractivity contribution in [2.75, 3.05) is 37.9 Å². The van der Waals surface area contributed by atoms with Crippen molar-refractivity contribution >= 4 is 23.7 Å². The van der Waals surface area contributed by atoms with Gasteiger partial charge in [0.15, 0.2) is 0 Å². The second kappa shape index (κ2) is 13.0. The number of carbonyl (C=O) groups excluding carboxylic acids is 2. The van der Waals surface area contributed by atoms with Gasteiger partial charge in [0, 0.05) is 11.5 Å². The summed E-state index contributed by atoms with van der Waals surface area (Å²) >= 11 is 1.55. The van der Waals surface area contributed by atoms with Crippen LogP contribution in [0.25, 0.3) is 0 Å². The Morgan fingerprint density at radius 2 is 2.05 bits per heavy atom. The maximum absolute atomic E-state index is 11.6. The molecule has 0 aromatic carbocycles. The zero-order valence-electron chi connectivity index (χ0n) is 12.3. The third kappa shape index (κ3) is 10.9. The van der Waals surface area contributed by atoms with Gasteiger partial charge in [-0.25, -0.2) is 0 Å². The summed E-state index contributed by atoms with van der Waals surface area (Å²) in [4.78, 5) is 22.7. The average molecular weight is 304 g/mol. The number of rotatable bonds is 12. The van der Waals surface area contributed by atoms with E-state index in [1.54, 1.807) is 24.8 Å². The molecule has 0 saturated heterocycles. The monoisotopic (exact) mass is 304 g/mol. The van der Waals surface area contributed by atoms with Gasteiger partial charge in [-0.15, -0.1) is 6.58 Å². The number of ether oxygens (including phenoxy) is 3. The zero-order chi connectivity index (χ0) is 15.2. The van der Waals surface area contributed by atoms with E-state index in [0.717, 1.165) is 0 Å². The molecule has 0 heterocycles. The highest BCUT2D eigenvalue weighted by molar-refractivity contribution is 7.99. The Kier molecular flexibility index (Phi) is 12.3. The highest BCUT2D eigenvalue weighted by Gasteiger charge is 2.14. The molecule has 0 fully saturated rings. The first-order valence-corrected chi connectivity index (χ1v) is 7.85. The third-order valence-electron chi connectivity index (χ3n) is 2.23. The van der Waals surface area contributed by atoms with E-state index >= 15 is 0 Å². The van der Waals surface area contributed by atoms with Crippen molar-refractivity contribution < 1.29 is 23.8 Å².